The highest BCUT2D eigenvalue weighted by Gasteiger charge is 2.27. The lowest BCUT2D eigenvalue weighted by Gasteiger charge is -2.24. The van der Waals surface area contributed by atoms with Gasteiger partial charge in [0.2, 0.25) is 0 Å². The molecule has 0 aliphatic carbocycles. The van der Waals surface area contributed by atoms with Gasteiger partial charge in [-0.15, -0.1) is 0 Å². The molecule has 0 fully saturated rings. The van der Waals surface area contributed by atoms with E-state index in [1.807, 2.05) is 52.0 Å². The van der Waals surface area contributed by atoms with Gasteiger partial charge in [-0.25, -0.2) is 4.99 Å². The van der Waals surface area contributed by atoms with Crippen LogP contribution < -0.4 is 20.1 Å². The van der Waals surface area contributed by atoms with E-state index in [9.17, 15) is 5.11 Å². The van der Waals surface area contributed by atoms with E-state index in [0.717, 1.165) is 22.6 Å². The lowest BCUT2D eigenvalue weighted by molar-refractivity contribution is 0.0601. The summed E-state index contributed by atoms with van der Waals surface area (Å²) in [4.78, 5) is 4.63. The molecule has 7 heteroatoms. The summed E-state index contributed by atoms with van der Waals surface area (Å²) < 4.78 is 16.5. The fraction of sp³-hybridized carbons (Fsp3) is 0.500. The number of guanidine groups is 1. The van der Waals surface area contributed by atoms with Crippen LogP contribution in [-0.2, 0) is 12.1 Å². The quantitative estimate of drug-likeness (QED) is 0.440. The monoisotopic (exact) mass is 403 g/mol. The van der Waals surface area contributed by atoms with E-state index >= 15 is 0 Å². The predicted octanol–water partition coefficient (Wildman–Crippen LogP) is 3.27. The average Bonchev–Trinajstić information content (AvgIpc) is 3.03. The smallest absolute Gasteiger partial charge is 0.191 e. The first-order valence-corrected chi connectivity index (χ1v) is 9.92. The molecule has 7 nitrogen and oxygen atoms in total. The van der Waals surface area contributed by atoms with Crippen molar-refractivity contribution in [2.24, 2.45) is 4.99 Å². The number of nitrogens with one attached hydrogen (secondary N) is 2. The van der Waals surface area contributed by atoms with Crippen molar-refractivity contribution in [1.29, 1.82) is 0 Å². The molecule has 160 valence electrons. The van der Waals surface area contributed by atoms with Gasteiger partial charge in [0.05, 0.1) is 26.8 Å². The van der Waals surface area contributed by atoms with E-state index in [0.29, 0.717) is 43.7 Å². The van der Waals surface area contributed by atoms with Crippen LogP contribution in [0.25, 0.3) is 0 Å². The first-order valence-electron chi connectivity index (χ1n) is 9.92. The third kappa shape index (κ3) is 6.15. The number of aryl methyl sites for hydroxylation is 2. The van der Waals surface area contributed by atoms with Crippen molar-refractivity contribution in [3.05, 3.63) is 46.9 Å². The molecule has 1 heterocycles. The number of furan rings is 1. The maximum atomic E-state index is 10.9. The van der Waals surface area contributed by atoms with E-state index in [1.165, 1.54) is 0 Å². The fourth-order valence-electron chi connectivity index (χ4n) is 3.12. The highest BCUT2D eigenvalue weighted by atomic mass is 16.5. The number of benzene rings is 1. The molecule has 0 aliphatic rings. The van der Waals surface area contributed by atoms with Gasteiger partial charge < -0.3 is 29.6 Å². The van der Waals surface area contributed by atoms with Crippen LogP contribution >= 0.6 is 0 Å². The van der Waals surface area contributed by atoms with Crippen LogP contribution in [0.5, 0.6) is 11.5 Å². The summed E-state index contributed by atoms with van der Waals surface area (Å²) >= 11 is 0. The number of aliphatic imine (C=N–C) groups is 1. The molecule has 2 aromatic rings. The largest absolute Gasteiger partial charge is 0.493 e. The summed E-state index contributed by atoms with van der Waals surface area (Å²) in [7, 11) is 1.62. The number of nitrogens with zero attached hydrogens (tertiary/aromatic N) is 1. The minimum atomic E-state index is -1.08. The van der Waals surface area contributed by atoms with Crippen molar-refractivity contribution >= 4 is 5.96 Å². The number of ether oxygens (including phenoxy) is 2. The summed E-state index contributed by atoms with van der Waals surface area (Å²) in [6.07, 6.45) is 0. The highest BCUT2D eigenvalue weighted by molar-refractivity contribution is 5.79. The van der Waals surface area contributed by atoms with Crippen molar-refractivity contribution in [3.63, 3.8) is 0 Å². The Balaban J connectivity index is 2.10. The molecule has 0 aliphatic heterocycles. The summed E-state index contributed by atoms with van der Waals surface area (Å²) in [5.41, 5.74) is 0.690. The minimum Gasteiger partial charge on any atom is -0.493 e. The molecule has 0 bridgehead atoms. The molecule has 0 saturated carbocycles. The number of aliphatic hydroxyl groups is 1. The van der Waals surface area contributed by atoms with Crippen LogP contribution in [0.3, 0.4) is 0 Å². The summed E-state index contributed by atoms with van der Waals surface area (Å²) in [5.74, 6) is 3.53. The molecule has 1 aromatic carbocycles. The zero-order valence-electron chi connectivity index (χ0n) is 18.3. The van der Waals surface area contributed by atoms with Crippen molar-refractivity contribution in [2.45, 2.75) is 46.8 Å². The Bertz CT molecular complexity index is 827. The van der Waals surface area contributed by atoms with Gasteiger partial charge in [-0.1, -0.05) is 6.07 Å². The fourth-order valence-corrected chi connectivity index (χ4v) is 3.12. The van der Waals surface area contributed by atoms with Crippen molar-refractivity contribution in [3.8, 4) is 11.5 Å². The van der Waals surface area contributed by atoms with Crippen molar-refractivity contribution in [2.75, 3.05) is 26.8 Å². The second-order valence-corrected chi connectivity index (χ2v) is 7.07. The lowest BCUT2D eigenvalue weighted by atomic mass is 9.96. The maximum absolute atomic E-state index is 10.9. The van der Waals surface area contributed by atoms with E-state index in [2.05, 4.69) is 15.6 Å². The van der Waals surface area contributed by atoms with Gasteiger partial charge in [-0.2, -0.15) is 0 Å². The standard InChI is InChI=1S/C22H33N3O4/c1-7-23-21(25-14-22(5,26)18-11-15(3)29-16(18)4)24-13-17-9-10-19(27-6)20(12-17)28-8-2/h9-12,26H,7-8,13-14H2,1-6H3,(H2,23,24,25). The maximum Gasteiger partial charge on any atom is 0.191 e. The Morgan fingerprint density at radius 1 is 1.17 bits per heavy atom. The Morgan fingerprint density at radius 3 is 2.52 bits per heavy atom. The van der Waals surface area contributed by atoms with Gasteiger partial charge in [0.25, 0.3) is 0 Å². The number of hydrogen-bond donors (Lipinski definition) is 3. The van der Waals surface area contributed by atoms with Gasteiger partial charge >= 0.3 is 0 Å². The minimum absolute atomic E-state index is 0.297. The number of hydrogen-bond acceptors (Lipinski definition) is 5. The zero-order valence-corrected chi connectivity index (χ0v) is 18.3. The van der Waals surface area contributed by atoms with Gasteiger partial charge in [0.15, 0.2) is 17.5 Å². The molecule has 1 aromatic heterocycles. The third-order valence-corrected chi connectivity index (χ3v) is 4.51. The van der Waals surface area contributed by atoms with Gasteiger partial charge in [-0.05, 0) is 58.4 Å². The van der Waals surface area contributed by atoms with Crippen LogP contribution in [0.1, 0.15) is 43.4 Å². The van der Waals surface area contributed by atoms with E-state index < -0.39 is 5.60 Å². The Hall–Kier alpha value is -2.67. The van der Waals surface area contributed by atoms with Crippen LogP contribution in [0.15, 0.2) is 33.7 Å². The Kier molecular flexibility index (Phi) is 7.96. The van der Waals surface area contributed by atoms with E-state index in [4.69, 9.17) is 13.9 Å². The summed E-state index contributed by atoms with van der Waals surface area (Å²) in [6, 6.07) is 7.64. The van der Waals surface area contributed by atoms with E-state index in [1.54, 1.807) is 14.0 Å². The molecule has 0 amide bonds. The normalized spacial score (nSPS) is 13.7. The van der Waals surface area contributed by atoms with E-state index in [-0.39, 0.29) is 0 Å². The first kappa shape index (κ1) is 22.6. The summed E-state index contributed by atoms with van der Waals surface area (Å²) in [5, 5.41) is 17.3. The van der Waals surface area contributed by atoms with Gasteiger partial charge in [-0.3, -0.25) is 0 Å². The molecule has 0 radical (unpaired) electrons. The second kappa shape index (κ2) is 10.2. The van der Waals surface area contributed by atoms with Gasteiger partial charge in [0.1, 0.15) is 17.1 Å². The van der Waals surface area contributed by atoms with Crippen LogP contribution in [0, 0.1) is 13.8 Å². The molecule has 29 heavy (non-hydrogen) atoms. The predicted molar refractivity (Wildman–Crippen MR) is 115 cm³/mol. The molecular weight excluding hydrogens is 370 g/mol. The summed E-state index contributed by atoms with van der Waals surface area (Å²) in [6.45, 7) is 11.5. The molecule has 1 atom stereocenters. The second-order valence-electron chi connectivity index (χ2n) is 7.07. The zero-order chi connectivity index (χ0) is 21.4. The van der Waals surface area contributed by atoms with Crippen LogP contribution in [0.4, 0.5) is 0 Å². The topological polar surface area (TPSA) is 88.3 Å². The number of rotatable bonds is 9. The average molecular weight is 404 g/mol. The first-order chi connectivity index (χ1) is 13.8. The lowest BCUT2D eigenvalue weighted by Crippen LogP contribution is -2.44. The molecule has 1 unspecified atom stereocenters. The highest BCUT2D eigenvalue weighted by Crippen LogP contribution is 2.28. The molecule has 0 saturated heterocycles. The Morgan fingerprint density at radius 2 is 1.93 bits per heavy atom. The molecular formula is C22H33N3O4. The van der Waals surface area contributed by atoms with Crippen molar-refractivity contribution in [1.82, 2.24) is 10.6 Å². The Labute approximate surface area is 173 Å². The van der Waals surface area contributed by atoms with Crippen LogP contribution in [-0.4, -0.2) is 37.9 Å². The SMILES string of the molecule is CCNC(=NCc1ccc(OC)c(OCC)c1)NCC(C)(O)c1cc(C)oc1C. The molecule has 2 rings (SSSR count). The molecule has 3 N–H and O–H groups in total. The third-order valence-electron chi connectivity index (χ3n) is 4.51. The molecule has 0 spiro atoms. The van der Waals surface area contributed by atoms with Crippen LogP contribution in [0.2, 0.25) is 0 Å². The van der Waals surface area contributed by atoms with Crippen molar-refractivity contribution < 1.29 is 19.0 Å². The number of methoxy groups -OCH3 is 1. The van der Waals surface area contributed by atoms with Gasteiger partial charge in [0, 0.05) is 12.1 Å².